The van der Waals surface area contributed by atoms with E-state index in [-0.39, 0.29) is 30.4 Å². The van der Waals surface area contributed by atoms with Gasteiger partial charge in [-0.15, -0.1) is 0 Å². The van der Waals surface area contributed by atoms with Crippen LogP contribution in [0.1, 0.15) is 23.2 Å². The molecule has 0 unspecified atom stereocenters. The van der Waals surface area contributed by atoms with Crippen molar-refractivity contribution in [3.8, 4) is 11.3 Å². The Morgan fingerprint density at radius 1 is 1.12 bits per heavy atom. The second-order valence-corrected chi connectivity index (χ2v) is 5.73. The molecule has 1 aromatic carbocycles. The minimum Gasteiger partial charge on any atom is -0.338 e. The molecule has 7 heteroatoms. The third-order valence-corrected chi connectivity index (χ3v) is 3.73. The summed E-state index contributed by atoms with van der Waals surface area (Å²) in [6.07, 6.45) is 3.21. The van der Waals surface area contributed by atoms with E-state index in [4.69, 9.17) is 16.1 Å². The zero-order chi connectivity index (χ0) is 17.6. The van der Waals surface area contributed by atoms with Gasteiger partial charge in [-0.2, -0.15) is 0 Å². The van der Waals surface area contributed by atoms with Crippen molar-refractivity contribution in [3.05, 3.63) is 65.4 Å². The van der Waals surface area contributed by atoms with E-state index in [0.29, 0.717) is 16.3 Å². The summed E-state index contributed by atoms with van der Waals surface area (Å²) in [7, 11) is 0. The maximum atomic E-state index is 12.0. The highest BCUT2D eigenvalue weighted by Gasteiger charge is 2.12. The number of anilines is 1. The van der Waals surface area contributed by atoms with Gasteiger partial charge in [-0.25, -0.2) is 0 Å². The summed E-state index contributed by atoms with van der Waals surface area (Å²) in [5, 5.41) is 7.12. The lowest BCUT2D eigenvalue weighted by Crippen LogP contribution is -2.13. The van der Waals surface area contributed by atoms with Crippen molar-refractivity contribution in [1.29, 1.82) is 0 Å². The van der Waals surface area contributed by atoms with E-state index in [0.717, 1.165) is 5.56 Å². The van der Waals surface area contributed by atoms with Crippen LogP contribution in [0.3, 0.4) is 0 Å². The molecular formula is C18H14ClN3O3. The van der Waals surface area contributed by atoms with Gasteiger partial charge in [0.15, 0.2) is 5.78 Å². The van der Waals surface area contributed by atoms with E-state index in [1.54, 1.807) is 48.7 Å². The predicted molar refractivity (Wildman–Crippen MR) is 93.4 cm³/mol. The number of ketones is 1. The lowest BCUT2D eigenvalue weighted by molar-refractivity contribution is -0.116. The predicted octanol–water partition coefficient (Wildman–Crippen LogP) is 3.99. The summed E-state index contributed by atoms with van der Waals surface area (Å²) < 4.78 is 5.10. The Kier molecular flexibility index (Phi) is 5.20. The topological polar surface area (TPSA) is 85.1 Å². The SMILES string of the molecule is O=C(CCC(=O)c1cccnc1)Nc1cc(-c2ccc(Cl)cc2)no1. The molecule has 0 aliphatic rings. The van der Waals surface area contributed by atoms with Gasteiger partial charge in [-0.3, -0.25) is 19.9 Å². The molecule has 0 bridgehead atoms. The van der Waals surface area contributed by atoms with Crippen molar-refractivity contribution in [2.45, 2.75) is 12.8 Å². The first-order chi connectivity index (χ1) is 12.1. The first-order valence-electron chi connectivity index (χ1n) is 7.57. The van der Waals surface area contributed by atoms with Gasteiger partial charge in [0.2, 0.25) is 11.8 Å². The number of rotatable bonds is 6. The molecule has 1 amide bonds. The molecule has 0 saturated carbocycles. The van der Waals surface area contributed by atoms with Crippen LogP contribution in [-0.2, 0) is 4.79 Å². The van der Waals surface area contributed by atoms with Gasteiger partial charge >= 0.3 is 0 Å². The molecule has 0 aliphatic carbocycles. The van der Waals surface area contributed by atoms with Crippen LogP contribution in [0.25, 0.3) is 11.3 Å². The second kappa shape index (κ2) is 7.72. The van der Waals surface area contributed by atoms with Crippen LogP contribution in [0.5, 0.6) is 0 Å². The number of nitrogens with zero attached hydrogens (tertiary/aromatic N) is 2. The lowest BCUT2D eigenvalue weighted by Gasteiger charge is -2.01. The van der Waals surface area contributed by atoms with Crippen LogP contribution in [-0.4, -0.2) is 21.8 Å². The number of halogens is 1. The number of carbonyl (C=O) groups is 2. The summed E-state index contributed by atoms with van der Waals surface area (Å²) in [5.41, 5.74) is 1.89. The van der Waals surface area contributed by atoms with E-state index >= 15 is 0 Å². The number of nitrogens with one attached hydrogen (secondary N) is 1. The normalized spacial score (nSPS) is 10.4. The van der Waals surface area contributed by atoms with Gasteiger partial charge < -0.3 is 4.52 Å². The summed E-state index contributed by atoms with van der Waals surface area (Å²) in [4.78, 5) is 27.8. The maximum Gasteiger partial charge on any atom is 0.231 e. The van der Waals surface area contributed by atoms with Gasteiger partial charge in [0, 0.05) is 47.5 Å². The van der Waals surface area contributed by atoms with Gasteiger partial charge in [0.25, 0.3) is 0 Å². The molecule has 126 valence electrons. The first-order valence-corrected chi connectivity index (χ1v) is 7.95. The van der Waals surface area contributed by atoms with Crippen LogP contribution >= 0.6 is 11.6 Å². The molecular weight excluding hydrogens is 342 g/mol. The zero-order valence-electron chi connectivity index (χ0n) is 13.1. The molecule has 25 heavy (non-hydrogen) atoms. The maximum absolute atomic E-state index is 12.0. The van der Waals surface area contributed by atoms with E-state index in [2.05, 4.69) is 15.5 Å². The zero-order valence-corrected chi connectivity index (χ0v) is 13.9. The molecule has 0 aliphatic heterocycles. The molecule has 0 radical (unpaired) electrons. The number of pyridine rings is 1. The van der Waals surface area contributed by atoms with Crippen LogP contribution in [0.2, 0.25) is 5.02 Å². The van der Waals surface area contributed by atoms with Crippen LogP contribution < -0.4 is 5.32 Å². The Balaban J connectivity index is 1.55. The summed E-state index contributed by atoms with van der Waals surface area (Å²) >= 11 is 5.85. The molecule has 0 atom stereocenters. The molecule has 2 heterocycles. The average molecular weight is 356 g/mol. The average Bonchev–Trinajstić information content (AvgIpc) is 3.09. The fraction of sp³-hybridized carbons (Fsp3) is 0.111. The fourth-order valence-electron chi connectivity index (χ4n) is 2.19. The number of amides is 1. The summed E-state index contributed by atoms with van der Waals surface area (Å²) in [5.74, 6) is -0.234. The summed E-state index contributed by atoms with van der Waals surface area (Å²) in [6, 6.07) is 12.1. The number of Topliss-reactive ketones (excluding diaryl/α,β-unsaturated/α-hetero) is 1. The van der Waals surface area contributed by atoms with Gasteiger partial charge in [-0.1, -0.05) is 28.9 Å². The van der Waals surface area contributed by atoms with Crippen molar-refractivity contribution in [3.63, 3.8) is 0 Å². The van der Waals surface area contributed by atoms with Gasteiger partial charge in [0.1, 0.15) is 5.69 Å². The van der Waals surface area contributed by atoms with Crippen molar-refractivity contribution in [2.24, 2.45) is 0 Å². The number of benzene rings is 1. The molecule has 1 N–H and O–H groups in total. The molecule has 6 nitrogen and oxygen atoms in total. The van der Waals surface area contributed by atoms with Gasteiger partial charge in [-0.05, 0) is 24.3 Å². The highest BCUT2D eigenvalue weighted by Crippen LogP contribution is 2.23. The van der Waals surface area contributed by atoms with E-state index in [1.807, 2.05) is 0 Å². The molecule has 0 spiro atoms. The number of hydrogen-bond acceptors (Lipinski definition) is 5. The monoisotopic (exact) mass is 355 g/mol. The number of hydrogen-bond donors (Lipinski definition) is 1. The third kappa shape index (κ3) is 4.51. The van der Waals surface area contributed by atoms with Crippen LogP contribution in [0, 0.1) is 0 Å². The summed E-state index contributed by atoms with van der Waals surface area (Å²) in [6.45, 7) is 0. The minimum absolute atomic E-state index is 0.0463. The smallest absolute Gasteiger partial charge is 0.231 e. The molecule has 0 saturated heterocycles. The first kappa shape index (κ1) is 16.9. The van der Waals surface area contributed by atoms with E-state index in [9.17, 15) is 9.59 Å². The quantitative estimate of drug-likeness (QED) is 0.676. The highest BCUT2D eigenvalue weighted by molar-refractivity contribution is 6.30. The standard InChI is InChI=1S/C18H14ClN3O3/c19-14-5-3-12(4-6-14)15-10-18(25-22-15)21-17(24)8-7-16(23)13-2-1-9-20-11-13/h1-6,9-11H,7-8H2,(H,21,24). The lowest BCUT2D eigenvalue weighted by atomic mass is 10.1. The van der Waals surface area contributed by atoms with Gasteiger partial charge in [0.05, 0.1) is 0 Å². The van der Waals surface area contributed by atoms with Crippen LogP contribution in [0.15, 0.2) is 59.4 Å². The second-order valence-electron chi connectivity index (χ2n) is 5.30. The molecule has 3 aromatic rings. The van der Waals surface area contributed by atoms with E-state index in [1.165, 1.54) is 6.20 Å². The Hall–Kier alpha value is -2.99. The number of aromatic nitrogens is 2. The molecule has 2 aromatic heterocycles. The molecule has 0 fully saturated rings. The van der Waals surface area contributed by atoms with E-state index < -0.39 is 0 Å². The number of carbonyl (C=O) groups excluding carboxylic acids is 2. The van der Waals surface area contributed by atoms with Crippen LogP contribution in [0.4, 0.5) is 5.88 Å². The molecule has 3 rings (SSSR count). The fourth-order valence-corrected chi connectivity index (χ4v) is 2.32. The van der Waals surface area contributed by atoms with Crippen molar-refractivity contribution in [2.75, 3.05) is 5.32 Å². The largest absolute Gasteiger partial charge is 0.338 e. The Morgan fingerprint density at radius 2 is 1.92 bits per heavy atom. The Labute approximate surface area is 148 Å². The minimum atomic E-state index is -0.323. The Bertz CT molecular complexity index is 876. The van der Waals surface area contributed by atoms with Crippen molar-refractivity contribution >= 4 is 29.2 Å². The van der Waals surface area contributed by atoms with Crippen molar-refractivity contribution < 1.29 is 14.1 Å². The Morgan fingerprint density at radius 3 is 2.64 bits per heavy atom. The third-order valence-electron chi connectivity index (χ3n) is 3.48. The highest BCUT2D eigenvalue weighted by atomic mass is 35.5. The van der Waals surface area contributed by atoms with Crippen molar-refractivity contribution in [1.82, 2.24) is 10.1 Å².